The highest BCUT2D eigenvalue weighted by atomic mass is 28.4. The molecule has 2 atom stereocenters. The van der Waals surface area contributed by atoms with Crippen LogP contribution in [0.25, 0.3) is 0 Å². The van der Waals surface area contributed by atoms with Crippen molar-refractivity contribution in [2.24, 2.45) is 0 Å². The quantitative estimate of drug-likeness (QED) is 0.211. The lowest BCUT2D eigenvalue weighted by molar-refractivity contribution is -0.144. The van der Waals surface area contributed by atoms with Crippen molar-refractivity contribution in [2.45, 2.75) is 116 Å². The van der Waals surface area contributed by atoms with Gasteiger partial charge in [0.25, 0.3) is 0 Å². The summed E-state index contributed by atoms with van der Waals surface area (Å²) in [6.07, 6.45) is 15.3. The summed E-state index contributed by atoms with van der Waals surface area (Å²) in [7, 11) is -1.84. The number of esters is 2. The first kappa shape index (κ1) is 36.3. The number of terminal acetylenes is 2. The second-order valence-corrected chi connectivity index (χ2v) is 14.7. The Bertz CT molecular complexity index is 659. The Balaban J connectivity index is 0. The minimum absolute atomic E-state index is 0.142. The fraction of sp³-hybridized carbons (Fsp3) is 0.786. The fourth-order valence-corrected chi connectivity index (χ4v) is 3.89. The molecule has 0 radical (unpaired) electrons. The van der Waals surface area contributed by atoms with Crippen LogP contribution in [0, 0.1) is 24.7 Å². The number of carbonyl (C=O) groups excluding carboxylic acids is 2. The van der Waals surface area contributed by atoms with Crippen LogP contribution in [0.15, 0.2) is 0 Å². The van der Waals surface area contributed by atoms with Crippen LogP contribution in [0.4, 0.5) is 0 Å². The molecule has 208 valence electrons. The molecule has 8 heteroatoms. The van der Waals surface area contributed by atoms with E-state index in [4.69, 9.17) is 31.9 Å². The molecular weight excluding hydrogens is 476 g/mol. The molecule has 0 saturated carbocycles. The second-order valence-electron chi connectivity index (χ2n) is 9.93. The number of ether oxygens (including phenoxy) is 3. The SMILES string of the molecule is C#C[C@@H](O)CCCC(=O)OCC.C#C[C@H](CCCC(=O)OCC)O[Si](C)(C)C(C)(C)C.C1CCOC1. The molecule has 1 N–H and O–H groups in total. The van der Waals surface area contributed by atoms with E-state index in [1.165, 1.54) is 12.8 Å². The fourth-order valence-electron chi connectivity index (χ4n) is 2.64. The van der Waals surface area contributed by atoms with Crippen molar-refractivity contribution in [3.8, 4) is 24.7 Å². The molecular formula is C28H50O7Si. The van der Waals surface area contributed by atoms with Crippen molar-refractivity contribution in [1.29, 1.82) is 0 Å². The number of carbonyl (C=O) groups is 2. The third kappa shape index (κ3) is 20.4. The molecule has 0 amide bonds. The standard InChI is InChI=1S/C15H28O3Si.C9H14O3.C4H8O/c1-8-13(11-10-12-14(16)17-9-2)18-19(6,7)15(3,4)5;1-3-8(10)6-5-7-9(11)12-4-2;1-2-4-5-3-1/h1,13H,9-12H2,2-7H3;1,8,10H,4-7H2,2H3;1-4H2/t13-;8-;/m11./s1. The van der Waals surface area contributed by atoms with Gasteiger partial charge in [0.1, 0.15) is 12.2 Å². The van der Waals surface area contributed by atoms with Gasteiger partial charge in [0.05, 0.1) is 13.2 Å². The molecule has 1 heterocycles. The van der Waals surface area contributed by atoms with Gasteiger partial charge in [0, 0.05) is 26.1 Å². The van der Waals surface area contributed by atoms with Crippen molar-refractivity contribution in [1.82, 2.24) is 0 Å². The largest absolute Gasteiger partial charge is 0.466 e. The van der Waals surface area contributed by atoms with Gasteiger partial charge in [-0.2, -0.15) is 0 Å². The predicted octanol–water partition coefficient (Wildman–Crippen LogP) is 5.25. The Hall–Kier alpha value is -1.84. The van der Waals surface area contributed by atoms with Gasteiger partial charge in [-0.25, -0.2) is 0 Å². The molecule has 1 fully saturated rings. The lowest BCUT2D eigenvalue weighted by atomic mass is 10.1. The van der Waals surface area contributed by atoms with E-state index in [9.17, 15) is 9.59 Å². The molecule has 1 rings (SSSR count). The van der Waals surface area contributed by atoms with Gasteiger partial charge < -0.3 is 23.7 Å². The Morgan fingerprint density at radius 3 is 1.75 bits per heavy atom. The minimum atomic E-state index is -1.84. The van der Waals surface area contributed by atoms with Crippen LogP contribution in [0.1, 0.15) is 86.0 Å². The van der Waals surface area contributed by atoms with Crippen LogP contribution in [-0.2, 0) is 28.2 Å². The Morgan fingerprint density at radius 1 is 0.944 bits per heavy atom. The van der Waals surface area contributed by atoms with Gasteiger partial charge in [0.15, 0.2) is 8.32 Å². The average molecular weight is 527 g/mol. The molecule has 0 aromatic rings. The van der Waals surface area contributed by atoms with Crippen LogP contribution in [-0.4, -0.2) is 64.0 Å². The molecule has 1 aliphatic rings. The highest BCUT2D eigenvalue weighted by Crippen LogP contribution is 2.37. The summed E-state index contributed by atoms with van der Waals surface area (Å²) in [5, 5.41) is 9.05. The predicted molar refractivity (Wildman–Crippen MR) is 147 cm³/mol. The maximum Gasteiger partial charge on any atom is 0.305 e. The summed E-state index contributed by atoms with van der Waals surface area (Å²) in [4.78, 5) is 22.0. The molecule has 1 aliphatic heterocycles. The minimum Gasteiger partial charge on any atom is -0.466 e. The molecule has 0 bridgehead atoms. The normalized spacial score (nSPS) is 14.5. The third-order valence-corrected chi connectivity index (χ3v) is 10.3. The maximum atomic E-state index is 11.3. The van der Waals surface area contributed by atoms with Crippen LogP contribution >= 0.6 is 0 Å². The third-order valence-electron chi connectivity index (χ3n) is 5.77. The van der Waals surface area contributed by atoms with Crippen LogP contribution < -0.4 is 0 Å². The molecule has 0 aromatic heterocycles. The van der Waals surface area contributed by atoms with E-state index in [0.29, 0.717) is 51.7 Å². The summed E-state index contributed by atoms with van der Waals surface area (Å²) in [6, 6.07) is 0. The molecule has 0 spiro atoms. The number of aliphatic hydroxyl groups excluding tert-OH is 1. The zero-order chi connectivity index (χ0) is 28.0. The molecule has 7 nitrogen and oxygen atoms in total. The van der Waals surface area contributed by atoms with Crippen molar-refractivity contribution in [2.75, 3.05) is 26.4 Å². The topological polar surface area (TPSA) is 91.3 Å². The first-order chi connectivity index (χ1) is 16.8. The van der Waals surface area contributed by atoms with Crippen molar-refractivity contribution >= 4 is 20.3 Å². The van der Waals surface area contributed by atoms with Crippen molar-refractivity contribution < 1.29 is 33.3 Å². The van der Waals surface area contributed by atoms with E-state index in [1.54, 1.807) is 6.92 Å². The van der Waals surface area contributed by atoms with E-state index in [-0.39, 0.29) is 23.1 Å². The van der Waals surface area contributed by atoms with E-state index < -0.39 is 14.4 Å². The van der Waals surface area contributed by atoms with Crippen LogP contribution in [0.3, 0.4) is 0 Å². The first-order valence-electron chi connectivity index (χ1n) is 13.0. The Kier molecular flexibility index (Phi) is 21.4. The summed E-state index contributed by atoms with van der Waals surface area (Å²) in [5.41, 5.74) is 0. The lowest BCUT2D eigenvalue weighted by Crippen LogP contribution is -2.43. The summed E-state index contributed by atoms with van der Waals surface area (Å²) < 4.78 is 20.7. The smallest absolute Gasteiger partial charge is 0.305 e. The second kappa shape index (κ2) is 21.3. The Morgan fingerprint density at radius 2 is 1.42 bits per heavy atom. The van der Waals surface area contributed by atoms with E-state index in [0.717, 1.165) is 13.2 Å². The van der Waals surface area contributed by atoms with Crippen molar-refractivity contribution in [3.05, 3.63) is 0 Å². The summed E-state index contributed by atoms with van der Waals surface area (Å²) in [5.74, 6) is 4.47. The number of aliphatic hydroxyl groups is 1. The zero-order valence-corrected chi connectivity index (χ0v) is 24.7. The molecule has 0 aromatic carbocycles. The highest BCUT2D eigenvalue weighted by molar-refractivity contribution is 6.74. The average Bonchev–Trinajstić information content (AvgIpc) is 3.38. The number of hydrogen-bond donors (Lipinski definition) is 1. The first-order valence-corrected chi connectivity index (χ1v) is 15.9. The van der Waals surface area contributed by atoms with E-state index in [2.05, 4.69) is 50.4 Å². The van der Waals surface area contributed by atoms with Crippen molar-refractivity contribution in [3.63, 3.8) is 0 Å². The van der Waals surface area contributed by atoms with Gasteiger partial charge in [-0.3, -0.25) is 9.59 Å². The molecule has 1 saturated heterocycles. The van der Waals surface area contributed by atoms with Crippen LogP contribution in [0.2, 0.25) is 18.1 Å². The van der Waals surface area contributed by atoms with Gasteiger partial charge >= 0.3 is 11.9 Å². The van der Waals surface area contributed by atoms with Gasteiger partial charge in [-0.1, -0.05) is 32.6 Å². The molecule has 36 heavy (non-hydrogen) atoms. The lowest BCUT2D eigenvalue weighted by Gasteiger charge is -2.38. The molecule has 0 unspecified atom stereocenters. The van der Waals surface area contributed by atoms with Gasteiger partial charge in [0.2, 0.25) is 0 Å². The highest BCUT2D eigenvalue weighted by Gasteiger charge is 2.38. The number of hydrogen-bond acceptors (Lipinski definition) is 7. The van der Waals surface area contributed by atoms with E-state index >= 15 is 0 Å². The summed E-state index contributed by atoms with van der Waals surface area (Å²) in [6.45, 7) is 17.3. The zero-order valence-electron chi connectivity index (χ0n) is 23.7. The monoisotopic (exact) mass is 526 g/mol. The Labute approximate surface area is 221 Å². The molecule has 0 aliphatic carbocycles. The van der Waals surface area contributed by atoms with E-state index in [1.807, 2.05) is 6.92 Å². The van der Waals surface area contributed by atoms with Crippen LogP contribution in [0.5, 0.6) is 0 Å². The van der Waals surface area contributed by atoms with Gasteiger partial charge in [-0.15, -0.1) is 12.8 Å². The van der Waals surface area contributed by atoms with Gasteiger partial charge in [-0.05, 0) is 70.5 Å². The summed E-state index contributed by atoms with van der Waals surface area (Å²) >= 11 is 0. The maximum absolute atomic E-state index is 11.3. The number of rotatable bonds is 12.